The Kier molecular flexibility index (Phi) is 29.7. The van der Waals surface area contributed by atoms with Crippen molar-refractivity contribution in [3.63, 3.8) is 0 Å². The molecule has 0 saturated carbocycles. The number of hydrogen-bond donors (Lipinski definition) is 17. The Labute approximate surface area is 307 Å². The number of hydrogen-bond acceptors (Lipinski definition) is 23. The Morgan fingerprint density at radius 1 is 0.340 bits per heavy atom. The molecule has 0 rings (SSSR count). The minimum atomic E-state index is -2.01. The number of aliphatic hydroxyl groups excluding tert-OH is 16. The van der Waals surface area contributed by atoms with Crippen LogP contribution in [0.15, 0.2) is 0 Å². The molecule has 0 radical (unpaired) electrons. The van der Waals surface area contributed by atoms with Crippen LogP contribution in [0.3, 0.4) is 0 Å². The van der Waals surface area contributed by atoms with Gasteiger partial charge in [0.25, 0.3) is 0 Å². The molecule has 14 atom stereocenters. The zero-order valence-corrected chi connectivity index (χ0v) is 29.6. The van der Waals surface area contributed by atoms with Crippen LogP contribution >= 0.6 is 0 Å². The molecule has 6 unspecified atom stereocenters. The van der Waals surface area contributed by atoms with Crippen LogP contribution in [0.2, 0.25) is 0 Å². The summed E-state index contributed by atoms with van der Waals surface area (Å²) in [5.74, 6) is 0. The van der Waals surface area contributed by atoms with Gasteiger partial charge in [0, 0.05) is 26.2 Å². The minimum absolute atomic E-state index is 0.0187. The van der Waals surface area contributed by atoms with Crippen molar-refractivity contribution in [1.82, 2.24) is 4.90 Å². The van der Waals surface area contributed by atoms with Gasteiger partial charge in [-0.05, 0) is 0 Å². The van der Waals surface area contributed by atoms with Gasteiger partial charge in [0.15, 0.2) is 0 Å². The summed E-state index contributed by atoms with van der Waals surface area (Å²) in [6.45, 7) is -5.74. The summed E-state index contributed by atoms with van der Waals surface area (Å²) in [6.07, 6.45) is -21.9. The fraction of sp³-hybridized carbons (Fsp3) is 1.00. The molecule has 0 aromatic carbocycles. The highest BCUT2D eigenvalue weighted by Gasteiger charge is 2.35. The van der Waals surface area contributed by atoms with Crippen LogP contribution in [-0.4, -0.2) is 278 Å². The first-order valence-corrected chi connectivity index (χ1v) is 17.0. The first-order chi connectivity index (χ1) is 25.0. The lowest BCUT2D eigenvalue weighted by Gasteiger charge is -2.34. The van der Waals surface area contributed by atoms with Gasteiger partial charge >= 0.3 is 0 Å². The second kappa shape index (κ2) is 30.2. The SMILES string of the molecule is NCC(O)COCC(O)COCC(O)COCC(O)COCC(O)COCC(O)CN(C[C@H](O)[C@@H](O)[C@H](O)[C@H](O)CO)C[C@H](O)[C@@H](O)[C@H](O)[C@H](O)CO. The molecule has 0 saturated heterocycles. The fourth-order valence-electron chi connectivity index (χ4n) is 4.41. The Bertz CT molecular complexity index is 830. The molecule has 0 aliphatic carbocycles. The number of aliphatic hydroxyl groups is 16. The zero-order valence-electron chi connectivity index (χ0n) is 29.6. The lowest BCUT2D eigenvalue weighted by atomic mass is 10.0. The molecule has 0 bridgehead atoms. The molecule has 0 fully saturated rings. The molecule has 23 heteroatoms. The van der Waals surface area contributed by atoms with Gasteiger partial charge in [-0.25, -0.2) is 0 Å². The molecule has 53 heavy (non-hydrogen) atoms. The van der Waals surface area contributed by atoms with Crippen molar-refractivity contribution >= 4 is 0 Å². The first-order valence-electron chi connectivity index (χ1n) is 17.0. The first kappa shape index (κ1) is 52.1. The van der Waals surface area contributed by atoms with E-state index in [-0.39, 0.29) is 66.0 Å². The van der Waals surface area contributed by atoms with E-state index in [9.17, 15) is 71.5 Å². The van der Waals surface area contributed by atoms with Gasteiger partial charge in [-0.3, -0.25) is 4.90 Å². The summed E-state index contributed by atoms with van der Waals surface area (Å²) >= 11 is 0. The third-order valence-electron chi connectivity index (χ3n) is 7.38. The van der Waals surface area contributed by atoms with Crippen molar-refractivity contribution in [3.8, 4) is 0 Å². The molecule has 0 heterocycles. The highest BCUT2D eigenvalue weighted by molar-refractivity contribution is 4.86. The Morgan fingerprint density at radius 2 is 0.585 bits per heavy atom. The Morgan fingerprint density at radius 3 is 0.849 bits per heavy atom. The van der Waals surface area contributed by atoms with E-state index in [0.29, 0.717) is 0 Å². The van der Waals surface area contributed by atoms with E-state index in [2.05, 4.69) is 0 Å². The smallest absolute Gasteiger partial charge is 0.111 e. The molecule has 0 amide bonds. The summed E-state index contributed by atoms with van der Waals surface area (Å²) in [4.78, 5) is 1.08. The molecular weight excluding hydrogens is 724 g/mol. The molecule has 18 N–H and O–H groups in total. The third-order valence-corrected chi connectivity index (χ3v) is 7.38. The van der Waals surface area contributed by atoms with Crippen LogP contribution in [0.5, 0.6) is 0 Å². The van der Waals surface area contributed by atoms with Crippen LogP contribution in [0.4, 0.5) is 0 Å². The third kappa shape index (κ3) is 24.4. The molecule has 0 aromatic rings. The molecule has 23 nitrogen and oxygen atoms in total. The predicted octanol–water partition coefficient (Wildman–Crippen LogP) is -10.6. The van der Waals surface area contributed by atoms with Gasteiger partial charge < -0.3 is 111 Å². The highest BCUT2D eigenvalue weighted by atomic mass is 16.5. The highest BCUT2D eigenvalue weighted by Crippen LogP contribution is 2.12. The molecule has 0 aromatic heterocycles. The topological polar surface area (TPSA) is 399 Å². The summed E-state index contributed by atoms with van der Waals surface area (Å²) in [5.41, 5.74) is 5.24. The second-order valence-electron chi connectivity index (χ2n) is 12.7. The summed E-state index contributed by atoms with van der Waals surface area (Å²) in [7, 11) is 0. The molecule has 0 spiro atoms. The van der Waals surface area contributed by atoms with Gasteiger partial charge in [-0.15, -0.1) is 0 Å². The number of ether oxygens (including phenoxy) is 5. The van der Waals surface area contributed by atoms with Crippen molar-refractivity contribution in [2.24, 2.45) is 5.73 Å². The number of rotatable bonds is 35. The molecule has 320 valence electrons. The van der Waals surface area contributed by atoms with Gasteiger partial charge in [0.2, 0.25) is 0 Å². The lowest BCUT2D eigenvalue weighted by molar-refractivity contribution is -0.133. The van der Waals surface area contributed by atoms with Crippen molar-refractivity contribution < 1.29 is 105 Å². The summed E-state index contributed by atoms with van der Waals surface area (Å²) < 4.78 is 25.9. The normalized spacial score (nSPS) is 20.5. The van der Waals surface area contributed by atoms with Gasteiger partial charge in [0.1, 0.15) is 61.0 Å². The van der Waals surface area contributed by atoms with Gasteiger partial charge in [0.05, 0.1) is 104 Å². The van der Waals surface area contributed by atoms with E-state index >= 15 is 0 Å². The average Bonchev–Trinajstić information content (AvgIpc) is 3.12. The van der Waals surface area contributed by atoms with E-state index in [1.807, 2.05) is 0 Å². The minimum Gasteiger partial charge on any atom is -0.394 e. The maximum Gasteiger partial charge on any atom is 0.111 e. The van der Waals surface area contributed by atoms with Crippen LogP contribution in [-0.2, 0) is 23.7 Å². The number of nitrogens with zero attached hydrogens (tertiary/aromatic N) is 1. The van der Waals surface area contributed by atoms with Crippen molar-refractivity contribution in [2.45, 2.75) is 85.5 Å². The van der Waals surface area contributed by atoms with Crippen LogP contribution in [0.1, 0.15) is 0 Å². The fourth-order valence-corrected chi connectivity index (χ4v) is 4.41. The summed E-state index contributed by atoms with van der Waals surface area (Å²) in [5, 5.41) is 158. The Balaban J connectivity index is 4.59. The average molecular weight is 789 g/mol. The maximum absolute atomic E-state index is 10.5. The summed E-state index contributed by atoms with van der Waals surface area (Å²) in [6, 6.07) is 0. The van der Waals surface area contributed by atoms with Crippen LogP contribution in [0, 0.1) is 0 Å². The predicted molar refractivity (Wildman–Crippen MR) is 178 cm³/mol. The van der Waals surface area contributed by atoms with E-state index < -0.39 is 125 Å². The zero-order chi connectivity index (χ0) is 40.5. The standard InChI is InChI=1S/C30H64N2O21/c31-1-17(35)7-49-9-19(37)11-51-13-21(39)15-53-16-22(40)14-52-12-20(38)10-50-8-18(36)2-32(3-23(41)27(45)29(47)25(43)5-33)4-24(42)28(46)30(48)26(44)6-34/h17-30,33-48H,1-16,31H2/t17?,18?,19?,20?,21?,22?,23-,24-,25+,26+,27+,28+,29+,30+/m0/s1. The molecular formula is C30H64N2O21. The largest absolute Gasteiger partial charge is 0.394 e. The van der Waals surface area contributed by atoms with E-state index in [0.717, 1.165) is 4.90 Å². The van der Waals surface area contributed by atoms with E-state index in [4.69, 9.17) is 39.6 Å². The van der Waals surface area contributed by atoms with E-state index in [1.54, 1.807) is 0 Å². The lowest BCUT2D eigenvalue weighted by Crippen LogP contribution is -2.54. The van der Waals surface area contributed by atoms with Gasteiger partial charge in [-0.2, -0.15) is 0 Å². The maximum atomic E-state index is 10.5. The molecule has 0 aliphatic heterocycles. The van der Waals surface area contributed by atoms with Crippen LogP contribution < -0.4 is 5.73 Å². The second-order valence-corrected chi connectivity index (χ2v) is 12.7. The van der Waals surface area contributed by atoms with Crippen LogP contribution in [0.25, 0.3) is 0 Å². The quantitative estimate of drug-likeness (QED) is 0.0283. The Hall–Kier alpha value is -0.920. The number of nitrogens with two attached hydrogens (primary N) is 1. The van der Waals surface area contributed by atoms with Crippen molar-refractivity contribution in [1.29, 1.82) is 0 Å². The van der Waals surface area contributed by atoms with Crippen molar-refractivity contribution in [3.05, 3.63) is 0 Å². The van der Waals surface area contributed by atoms with Crippen molar-refractivity contribution in [2.75, 3.05) is 105 Å². The van der Waals surface area contributed by atoms with E-state index in [1.165, 1.54) is 0 Å². The monoisotopic (exact) mass is 788 g/mol. The van der Waals surface area contributed by atoms with Gasteiger partial charge in [-0.1, -0.05) is 0 Å². The molecule has 0 aliphatic rings.